The Hall–Kier alpha value is -3.98. The predicted molar refractivity (Wildman–Crippen MR) is 120 cm³/mol. The molecule has 0 aliphatic heterocycles. The van der Waals surface area contributed by atoms with Crippen LogP contribution < -0.4 is 5.32 Å². The number of nitrogens with one attached hydrogen (secondary N) is 1. The molecule has 0 spiro atoms. The quantitative estimate of drug-likeness (QED) is 0.326. The average molecular weight is 467 g/mol. The zero-order valence-corrected chi connectivity index (χ0v) is 17.8. The molecule has 6 nitrogen and oxygen atoms in total. The number of benzene rings is 3. The molecule has 0 saturated heterocycles. The van der Waals surface area contributed by atoms with Gasteiger partial charge in [0.2, 0.25) is 5.82 Å². The summed E-state index contributed by atoms with van der Waals surface area (Å²) in [6, 6.07) is 19.3. The first-order valence-corrected chi connectivity index (χ1v) is 10.4. The van der Waals surface area contributed by atoms with Crippen LogP contribution in [0.4, 0.5) is 13.2 Å². The van der Waals surface area contributed by atoms with E-state index in [1.807, 2.05) is 24.3 Å². The highest BCUT2D eigenvalue weighted by Gasteiger charge is 2.33. The second-order valence-corrected chi connectivity index (χ2v) is 7.56. The maximum atomic E-state index is 13.3. The maximum absolute atomic E-state index is 13.3. The van der Waals surface area contributed by atoms with Crippen LogP contribution in [0, 0.1) is 0 Å². The van der Waals surface area contributed by atoms with E-state index in [2.05, 4.69) is 15.5 Å². The fourth-order valence-corrected chi connectivity index (χ4v) is 3.43. The fourth-order valence-electron chi connectivity index (χ4n) is 3.43. The van der Waals surface area contributed by atoms with Crippen molar-refractivity contribution in [3.8, 4) is 34.0 Å². The van der Waals surface area contributed by atoms with E-state index in [0.717, 1.165) is 17.2 Å². The number of aliphatic carboxylic acids is 1. The molecule has 0 atom stereocenters. The second kappa shape index (κ2) is 9.88. The average Bonchev–Trinajstić information content (AvgIpc) is 3.32. The Morgan fingerprint density at radius 3 is 2.24 bits per heavy atom. The van der Waals surface area contributed by atoms with Gasteiger partial charge in [-0.1, -0.05) is 59.8 Å². The minimum Gasteiger partial charge on any atom is -0.481 e. The van der Waals surface area contributed by atoms with Gasteiger partial charge in [-0.05, 0) is 34.9 Å². The summed E-state index contributed by atoms with van der Waals surface area (Å²) < 4.78 is 45.3. The number of carbonyl (C=O) groups is 1. The van der Waals surface area contributed by atoms with Crippen LogP contribution in [0.1, 0.15) is 17.5 Å². The molecule has 1 heterocycles. The van der Waals surface area contributed by atoms with E-state index in [4.69, 9.17) is 9.63 Å². The second-order valence-electron chi connectivity index (χ2n) is 7.56. The maximum Gasteiger partial charge on any atom is 0.417 e. The van der Waals surface area contributed by atoms with Crippen molar-refractivity contribution in [2.45, 2.75) is 19.1 Å². The molecule has 0 saturated carbocycles. The zero-order chi connectivity index (χ0) is 24.1. The molecular formula is C25H20F3N3O3. The number of rotatable bonds is 8. The van der Waals surface area contributed by atoms with Crippen LogP contribution in [0.3, 0.4) is 0 Å². The lowest BCUT2D eigenvalue weighted by atomic mass is 9.98. The molecule has 2 N–H and O–H groups in total. The molecule has 4 aromatic rings. The topological polar surface area (TPSA) is 88.2 Å². The lowest BCUT2D eigenvalue weighted by Gasteiger charge is -2.12. The lowest BCUT2D eigenvalue weighted by molar-refractivity contribution is -0.137. The first-order valence-electron chi connectivity index (χ1n) is 10.4. The Labute approximate surface area is 193 Å². The smallest absolute Gasteiger partial charge is 0.417 e. The summed E-state index contributed by atoms with van der Waals surface area (Å²) in [5, 5.41) is 15.7. The first kappa shape index (κ1) is 23.2. The van der Waals surface area contributed by atoms with Gasteiger partial charge in [-0.25, -0.2) is 0 Å². The van der Waals surface area contributed by atoms with Gasteiger partial charge in [-0.15, -0.1) is 0 Å². The third-order valence-electron chi connectivity index (χ3n) is 5.16. The van der Waals surface area contributed by atoms with E-state index in [0.29, 0.717) is 30.0 Å². The fraction of sp³-hybridized carbons (Fsp3) is 0.160. The number of carboxylic acid groups (broad SMARTS) is 1. The van der Waals surface area contributed by atoms with Gasteiger partial charge in [-0.3, -0.25) is 4.79 Å². The third kappa shape index (κ3) is 5.49. The van der Waals surface area contributed by atoms with Gasteiger partial charge in [-0.2, -0.15) is 18.2 Å². The minimum atomic E-state index is -4.44. The van der Waals surface area contributed by atoms with Gasteiger partial charge in [0.25, 0.3) is 5.89 Å². The number of hydrogen-bond donors (Lipinski definition) is 2. The van der Waals surface area contributed by atoms with Crippen molar-refractivity contribution in [3.05, 3.63) is 83.9 Å². The van der Waals surface area contributed by atoms with Gasteiger partial charge in [0.05, 0.1) is 12.0 Å². The van der Waals surface area contributed by atoms with Crippen molar-refractivity contribution in [3.63, 3.8) is 0 Å². The van der Waals surface area contributed by atoms with Crippen LogP contribution >= 0.6 is 0 Å². The molecule has 3 aromatic carbocycles. The lowest BCUT2D eigenvalue weighted by Crippen LogP contribution is -2.17. The molecular weight excluding hydrogens is 447 g/mol. The Morgan fingerprint density at radius 1 is 0.912 bits per heavy atom. The Balaban J connectivity index is 1.46. The molecule has 0 bridgehead atoms. The predicted octanol–water partition coefficient (Wildman–Crippen LogP) is 5.65. The summed E-state index contributed by atoms with van der Waals surface area (Å²) in [7, 11) is 0. The summed E-state index contributed by atoms with van der Waals surface area (Å²) in [4.78, 5) is 14.9. The van der Waals surface area contributed by atoms with Crippen LogP contribution in [0.25, 0.3) is 34.0 Å². The van der Waals surface area contributed by atoms with Crippen LogP contribution in [0.2, 0.25) is 0 Å². The Kier molecular flexibility index (Phi) is 6.74. The summed E-state index contributed by atoms with van der Waals surface area (Å²) in [5.74, 6) is -0.214. The van der Waals surface area contributed by atoms with Crippen molar-refractivity contribution in [2.24, 2.45) is 0 Å². The number of aromatic nitrogens is 2. The van der Waals surface area contributed by atoms with Crippen molar-refractivity contribution >= 4 is 5.97 Å². The Bertz CT molecular complexity index is 1270. The number of halogens is 3. The number of alkyl halides is 3. The molecule has 174 valence electrons. The van der Waals surface area contributed by atoms with Gasteiger partial charge in [0.15, 0.2) is 0 Å². The molecule has 4 rings (SSSR count). The molecule has 0 aliphatic rings. The molecule has 9 heteroatoms. The van der Waals surface area contributed by atoms with E-state index in [-0.39, 0.29) is 17.9 Å². The van der Waals surface area contributed by atoms with E-state index in [1.165, 1.54) is 12.1 Å². The van der Waals surface area contributed by atoms with E-state index in [9.17, 15) is 18.0 Å². The monoisotopic (exact) mass is 467 g/mol. The molecule has 34 heavy (non-hydrogen) atoms. The van der Waals surface area contributed by atoms with E-state index >= 15 is 0 Å². The number of hydrogen-bond acceptors (Lipinski definition) is 5. The summed E-state index contributed by atoms with van der Waals surface area (Å²) in [6.45, 7) is 0.917. The molecule has 0 unspecified atom stereocenters. The van der Waals surface area contributed by atoms with Crippen molar-refractivity contribution in [1.82, 2.24) is 15.5 Å². The highest BCUT2D eigenvalue weighted by atomic mass is 19.4. The van der Waals surface area contributed by atoms with Gasteiger partial charge >= 0.3 is 12.1 Å². The number of nitrogens with zero attached hydrogens (tertiary/aromatic N) is 2. The van der Waals surface area contributed by atoms with Crippen LogP contribution in [0.15, 0.2) is 77.3 Å². The van der Waals surface area contributed by atoms with Crippen molar-refractivity contribution < 1.29 is 27.6 Å². The third-order valence-corrected chi connectivity index (χ3v) is 5.16. The van der Waals surface area contributed by atoms with E-state index in [1.54, 1.807) is 30.3 Å². The van der Waals surface area contributed by atoms with Gasteiger partial charge in [0, 0.05) is 24.2 Å². The highest BCUT2D eigenvalue weighted by Crippen LogP contribution is 2.37. The highest BCUT2D eigenvalue weighted by molar-refractivity contribution is 5.71. The van der Waals surface area contributed by atoms with Crippen LogP contribution in [-0.4, -0.2) is 27.8 Å². The molecule has 1 aromatic heterocycles. The molecule has 0 amide bonds. The van der Waals surface area contributed by atoms with Gasteiger partial charge < -0.3 is 14.9 Å². The summed E-state index contributed by atoms with van der Waals surface area (Å²) >= 11 is 0. The SMILES string of the molecule is O=C(O)CCNCc1ccc(-c2noc(-c3ccc(-c4ccccc4C(F)(F)F)cc3)n2)cc1. The van der Waals surface area contributed by atoms with Crippen molar-refractivity contribution in [1.29, 1.82) is 0 Å². The molecule has 0 aliphatic carbocycles. The first-order chi connectivity index (χ1) is 16.3. The normalized spacial score (nSPS) is 11.5. The summed E-state index contributed by atoms with van der Waals surface area (Å²) in [5.41, 5.74) is 2.15. The standard InChI is InChI=1S/C25H20F3N3O3/c26-25(27,28)21-4-2-1-3-20(21)17-9-11-19(12-10-17)24-30-23(31-34-24)18-7-5-16(6-8-18)15-29-14-13-22(32)33/h1-12,29H,13-15H2,(H,32,33). The van der Waals surface area contributed by atoms with Gasteiger partial charge in [0.1, 0.15) is 0 Å². The van der Waals surface area contributed by atoms with Crippen molar-refractivity contribution in [2.75, 3.05) is 6.54 Å². The minimum absolute atomic E-state index is 0.0551. The molecule has 0 radical (unpaired) electrons. The number of carboxylic acids is 1. The molecule has 0 fully saturated rings. The zero-order valence-electron chi connectivity index (χ0n) is 17.8. The van der Waals surface area contributed by atoms with Crippen LogP contribution in [0.5, 0.6) is 0 Å². The summed E-state index contributed by atoms with van der Waals surface area (Å²) in [6.07, 6.45) is -4.39. The van der Waals surface area contributed by atoms with E-state index < -0.39 is 17.7 Å². The Morgan fingerprint density at radius 2 is 1.56 bits per heavy atom. The largest absolute Gasteiger partial charge is 0.481 e. The van der Waals surface area contributed by atoms with Crippen LogP contribution in [-0.2, 0) is 17.5 Å².